The van der Waals surface area contributed by atoms with Gasteiger partial charge in [-0.15, -0.1) is 0 Å². The van der Waals surface area contributed by atoms with Crippen molar-refractivity contribution in [2.75, 3.05) is 0 Å². The first-order chi connectivity index (χ1) is 11.9. The van der Waals surface area contributed by atoms with Crippen LogP contribution in [0, 0.1) is 0 Å². The van der Waals surface area contributed by atoms with Crippen LogP contribution >= 0.6 is 22.6 Å². The minimum atomic E-state index is -1.60. The lowest BCUT2D eigenvalue weighted by molar-refractivity contribution is -0.149. The fraction of sp³-hybridized carbons (Fsp3) is 0.773. The number of rotatable bonds is 11. The Kier molecular flexibility index (Phi) is 12.3. The first-order valence-electron chi connectivity index (χ1n) is 10.3. The van der Waals surface area contributed by atoms with Gasteiger partial charge in [0.2, 0.25) is 0 Å². The van der Waals surface area contributed by atoms with E-state index in [1.54, 1.807) is 0 Å². The lowest BCUT2D eigenvalue weighted by atomic mass is 10.1. The summed E-state index contributed by atoms with van der Waals surface area (Å²) in [6, 6.07) is 0. The van der Waals surface area contributed by atoms with E-state index in [-0.39, 0.29) is 5.97 Å². The van der Waals surface area contributed by atoms with Gasteiger partial charge in [0.05, 0.1) is 13.6 Å². The molecular formula is C22H41IO2Si. The average molecular weight is 493 g/mol. The van der Waals surface area contributed by atoms with E-state index in [4.69, 9.17) is 4.74 Å². The van der Waals surface area contributed by atoms with E-state index in [9.17, 15) is 4.79 Å². The van der Waals surface area contributed by atoms with Crippen molar-refractivity contribution in [1.29, 1.82) is 0 Å². The van der Waals surface area contributed by atoms with E-state index in [0.717, 1.165) is 31.3 Å². The number of esters is 1. The Hall–Kier alpha value is -0.103. The molecule has 26 heavy (non-hydrogen) atoms. The van der Waals surface area contributed by atoms with Crippen LogP contribution in [0.1, 0.15) is 86.0 Å². The molecule has 0 saturated carbocycles. The van der Waals surface area contributed by atoms with Crippen molar-refractivity contribution in [3.8, 4) is 0 Å². The van der Waals surface area contributed by atoms with Crippen LogP contribution in [-0.2, 0) is 9.53 Å². The highest BCUT2D eigenvalue weighted by Gasteiger charge is 2.28. The number of halogens is 1. The van der Waals surface area contributed by atoms with Gasteiger partial charge in [-0.3, -0.25) is 0 Å². The van der Waals surface area contributed by atoms with Crippen molar-refractivity contribution in [3.05, 3.63) is 20.4 Å². The average Bonchev–Trinajstić information content (AvgIpc) is 2.47. The monoisotopic (exact) mass is 492 g/mol. The second-order valence-corrected chi connectivity index (χ2v) is 15.6. The fourth-order valence-electron chi connectivity index (χ4n) is 2.82. The van der Waals surface area contributed by atoms with Gasteiger partial charge in [-0.25, -0.2) is 4.79 Å². The molecule has 0 N–H and O–H groups in total. The van der Waals surface area contributed by atoms with Gasteiger partial charge in [0.25, 0.3) is 0 Å². The number of hydrogen-bond acceptors (Lipinski definition) is 2. The van der Waals surface area contributed by atoms with Gasteiger partial charge in [-0.1, -0.05) is 70.8 Å². The van der Waals surface area contributed by atoms with Crippen molar-refractivity contribution in [2.24, 2.45) is 0 Å². The highest BCUT2D eigenvalue weighted by Crippen LogP contribution is 2.29. The first kappa shape index (κ1) is 25.9. The van der Waals surface area contributed by atoms with E-state index in [1.807, 2.05) is 20.8 Å². The van der Waals surface area contributed by atoms with Crippen molar-refractivity contribution in [1.82, 2.24) is 0 Å². The molecule has 152 valence electrons. The maximum atomic E-state index is 13.0. The van der Waals surface area contributed by atoms with E-state index >= 15 is 0 Å². The summed E-state index contributed by atoms with van der Waals surface area (Å²) in [5.41, 5.74) is 0.380. The highest BCUT2D eigenvalue weighted by molar-refractivity contribution is 14.1. The van der Waals surface area contributed by atoms with Crippen LogP contribution in [0.2, 0.25) is 19.6 Å². The normalized spacial score (nSPS) is 14.3. The Morgan fingerprint density at radius 3 is 2.00 bits per heavy atom. The van der Waals surface area contributed by atoms with Gasteiger partial charge in [0.15, 0.2) is 0 Å². The quantitative estimate of drug-likeness (QED) is 0.0730. The summed E-state index contributed by atoms with van der Waals surface area (Å²) in [6.45, 7) is 17.3. The summed E-state index contributed by atoms with van der Waals surface area (Å²) in [4.78, 5) is 13.0. The summed E-state index contributed by atoms with van der Waals surface area (Å²) >= 11 is 2.41. The number of ether oxygens (including phenoxy) is 1. The second kappa shape index (κ2) is 12.4. The molecule has 0 heterocycles. The van der Waals surface area contributed by atoms with Crippen molar-refractivity contribution in [2.45, 2.75) is 111 Å². The zero-order valence-electron chi connectivity index (χ0n) is 18.4. The fourth-order valence-corrected chi connectivity index (χ4v) is 5.42. The largest absolute Gasteiger partial charge is 0.456 e. The number of carbonyl (C=O) groups is 1. The van der Waals surface area contributed by atoms with E-state index in [1.165, 1.54) is 34.5 Å². The summed E-state index contributed by atoms with van der Waals surface area (Å²) in [5, 5.41) is 1.36. The number of unbranched alkanes of at least 4 members (excludes halogenated alkanes) is 4. The van der Waals surface area contributed by atoms with Gasteiger partial charge in [0.1, 0.15) is 5.60 Å². The summed E-state index contributed by atoms with van der Waals surface area (Å²) in [6.07, 6.45) is 11.5. The van der Waals surface area contributed by atoms with Gasteiger partial charge < -0.3 is 4.74 Å². The number of hydrogen-bond donors (Lipinski definition) is 0. The molecule has 0 saturated heterocycles. The van der Waals surface area contributed by atoms with Crippen LogP contribution in [-0.4, -0.2) is 19.6 Å². The van der Waals surface area contributed by atoms with Crippen molar-refractivity contribution >= 4 is 36.6 Å². The molecule has 0 aliphatic heterocycles. The molecule has 0 amide bonds. The SMILES string of the molecule is CCCCCC/C(I)=C/C(C(=O)OC(C)(C)C)=C(/CCCC)[Si](C)(C)C. The molecule has 0 bridgehead atoms. The van der Waals surface area contributed by atoms with Crippen LogP contribution in [0.3, 0.4) is 0 Å². The van der Waals surface area contributed by atoms with E-state index in [0.29, 0.717) is 0 Å². The molecule has 0 fully saturated rings. The Bertz CT molecular complexity index is 493. The molecule has 0 aliphatic carbocycles. The number of allylic oxidation sites excluding steroid dienone is 2. The summed E-state index contributed by atoms with van der Waals surface area (Å²) in [7, 11) is -1.60. The first-order valence-corrected chi connectivity index (χ1v) is 14.8. The third-order valence-electron chi connectivity index (χ3n) is 4.20. The molecule has 2 nitrogen and oxygen atoms in total. The molecular weight excluding hydrogens is 451 g/mol. The van der Waals surface area contributed by atoms with Gasteiger partial charge in [0, 0.05) is 0 Å². The second-order valence-electron chi connectivity index (χ2n) is 9.15. The molecule has 0 unspecified atom stereocenters. The molecule has 0 atom stereocenters. The molecule has 4 heteroatoms. The Balaban J connectivity index is 5.77. The smallest absolute Gasteiger partial charge is 0.338 e. The Labute approximate surface area is 177 Å². The Morgan fingerprint density at radius 2 is 1.54 bits per heavy atom. The third-order valence-corrected chi connectivity index (χ3v) is 7.38. The summed E-state index contributed by atoms with van der Waals surface area (Å²) < 4.78 is 7.05. The lowest BCUT2D eigenvalue weighted by Gasteiger charge is -2.26. The van der Waals surface area contributed by atoms with Crippen LogP contribution < -0.4 is 0 Å². The van der Waals surface area contributed by atoms with Gasteiger partial charge >= 0.3 is 5.97 Å². The Morgan fingerprint density at radius 1 is 0.962 bits per heavy atom. The van der Waals surface area contributed by atoms with Crippen LogP contribution in [0.5, 0.6) is 0 Å². The zero-order chi connectivity index (χ0) is 20.4. The minimum absolute atomic E-state index is 0.145. The molecule has 0 rings (SSSR count). The molecule has 0 aromatic rings. The molecule has 0 radical (unpaired) electrons. The molecule has 0 aromatic heterocycles. The van der Waals surface area contributed by atoms with Crippen LogP contribution in [0.25, 0.3) is 0 Å². The third kappa shape index (κ3) is 11.6. The highest BCUT2D eigenvalue weighted by atomic mass is 127. The van der Waals surface area contributed by atoms with Gasteiger partial charge in [-0.2, -0.15) is 0 Å². The van der Waals surface area contributed by atoms with Crippen LogP contribution in [0.4, 0.5) is 0 Å². The zero-order valence-corrected chi connectivity index (χ0v) is 21.6. The summed E-state index contributed by atoms with van der Waals surface area (Å²) in [5.74, 6) is -0.145. The molecule has 0 aromatic carbocycles. The maximum Gasteiger partial charge on any atom is 0.338 e. The topological polar surface area (TPSA) is 26.3 Å². The molecule has 0 aliphatic rings. The predicted octanol–water partition coefficient (Wildman–Crippen LogP) is 7.98. The predicted molar refractivity (Wildman–Crippen MR) is 127 cm³/mol. The van der Waals surface area contributed by atoms with Crippen molar-refractivity contribution in [3.63, 3.8) is 0 Å². The van der Waals surface area contributed by atoms with Gasteiger partial charge in [-0.05, 0) is 72.3 Å². The van der Waals surface area contributed by atoms with Crippen molar-refractivity contribution < 1.29 is 9.53 Å². The number of carbonyl (C=O) groups excluding carboxylic acids is 1. The van der Waals surface area contributed by atoms with Crippen LogP contribution in [0.15, 0.2) is 20.4 Å². The minimum Gasteiger partial charge on any atom is -0.456 e. The van der Waals surface area contributed by atoms with E-state index < -0.39 is 13.7 Å². The van der Waals surface area contributed by atoms with E-state index in [2.05, 4.69) is 62.2 Å². The standard InChI is InChI=1S/C22H41IO2Si/c1-9-11-13-14-15-18(23)17-19(21(24)25-22(3,4)5)20(16-12-10-2)26(6,7)8/h17H,9-16H2,1-8H3/b18-17-,20-19+. The molecule has 0 spiro atoms. The lowest BCUT2D eigenvalue weighted by Crippen LogP contribution is -2.30. The maximum absolute atomic E-state index is 13.0.